The van der Waals surface area contributed by atoms with Crippen LogP contribution in [0.1, 0.15) is 65.1 Å². The van der Waals surface area contributed by atoms with E-state index in [0.29, 0.717) is 17.7 Å². The topological polar surface area (TPSA) is 45.5 Å². The Morgan fingerprint density at radius 1 is 1.03 bits per heavy atom. The van der Waals surface area contributed by atoms with Crippen molar-refractivity contribution in [2.24, 2.45) is 5.92 Å². The third kappa shape index (κ3) is 5.02. The van der Waals surface area contributed by atoms with Gasteiger partial charge in [-0.25, -0.2) is 4.39 Å². The number of aromatic nitrogens is 1. The molecule has 0 saturated carbocycles. The third-order valence-electron chi connectivity index (χ3n) is 7.95. The van der Waals surface area contributed by atoms with E-state index in [-0.39, 0.29) is 23.3 Å². The van der Waals surface area contributed by atoms with Gasteiger partial charge in [0.2, 0.25) is 0 Å². The van der Waals surface area contributed by atoms with Crippen LogP contribution in [0, 0.1) is 11.7 Å². The minimum Gasteiger partial charge on any atom is -0.339 e. The molecule has 1 fully saturated rings. The summed E-state index contributed by atoms with van der Waals surface area (Å²) < 4.78 is 16.5. The Labute approximate surface area is 212 Å². The molecule has 36 heavy (non-hydrogen) atoms. The largest absolute Gasteiger partial charge is 0.339 e. The Balaban J connectivity index is 1.38. The maximum Gasteiger partial charge on any atom is 0.169 e. The first kappa shape index (κ1) is 24.8. The highest BCUT2D eigenvalue weighted by molar-refractivity contribution is 6.11. The van der Waals surface area contributed by atoms with E-state index in [9.17, 15) is 14.0 Å². The van der Waals surface area contributed by atoms with E-state index in [4.69, 9.17) is 0 Å². The first-order valence-electron chi connectivity index (χ1n) is 13.3. The maximum atomic E-state index is 14.3. The Morgan fingerprint density at radius 3 is 2.44 bits per heavy atom. The summed E-state index contributed by atoms with van der Waals surface area (Å²) >= 11 is 0. The molecule has 2 aromatic carbocycles. The number of piperazine rings is 1. The molecule has 2 heterocycles. The standard InChI is InChI=1S/C30H36FN3O2/c1-3-4-13-32-14-16-33(17-15-32)20-24-9-11-28-29(30(24)36)26-18-25(31)10-12-27(26)34(28)19-22-5-7-23(8-6-22)21(2)35/h5-8,10,12,18,24H,3-4,9,11,13-17,19-20H2,1-2H3. The predicted molar refractivity (Wildman–Crippen MR) is 141 cm³/mol. The molecule has 5 rings (SSSR count). The second kappa shape index (κ2) is 10.7. The molecule has 1 atom stereocenters. The molecule has 2 aliphatic rings. The van der Waals surface area contributed by atoms with Crippen molar-refractivity contribution >= 4 is 22.5 Å². The van der Waals surface area contributed by atoms with Crippen molar-refractivity contribution in [3.8, 4) is 0 Å². The molecule has 1 aromatic heterocycles. The fourth-order valence-electron chi connectivity index (χ4n) is 5.83. The lowest BCUT2D eigenvalue weighted by Crippen LogP contribution is -2.49. The predicted octanol–water partition coefficient (Wildman–Crippen LogP) is 5.19. The Bertz CT molecular complexity index is 1260. The number of benzene rings is 2. The van der Waals surface area contributed by atoms with E-state index in [1.54, 1.807) is 13.0 Å². The molecule has 1 aliphatic carbocycles. The van der Waals surface area contributed by atoms with Crippen LogP contribution >= 0.6 is 0 Å². The van der Waals surface area contributed by atoms with Gasteiger partial charge in [-0.2, -0.15) is 0 Å². The van der Waals surface area contributed by atoms with Crippen molar-refractivity contribution in [2.45, 2.75) is 46.1 Å². The molecule has 3 aromatic rings. The quantitative estimate of drug-likeness (QED) is 0.409. The van der Waals surface area contributed by atoms with E-state index < -0.39 is 0 Å². The summed E-state index contributed by atoms with van der Waals surface area (Å²) in [6.07, 6.45) is 4.09. The fourth-order valence-corrected chi connectivity index (χ4v) is 5.83. The number of hydrogen-bond acceptors (Lipinski definition) is 4. The Hall–Kier alpha value is -2.83. The lowest BCUT2D eigenvalue weighted by Gasteiger charge is -2.37. The van der Waals surface area contributed by atoms with E-state index in [0.717, 1.165) is 67.7 Å². The van der Waals surface area contributed by atoms with Crippen LogP contribution < -0.4 is 0 Å². The molecule has 1 saturated heterocycles. The maximum absolute atomic E-state index is 14.3. The van der Waals surface area contributed by atoms with Gasteiger partial charge in [0.25, 0.3) is 0 Å². The minimum absolute atomic E-state index is 0.0415. The van der Waals surface area contributed by atoms with E-state index >= 15 is 0 Å². The zero-order valence-electron chi connectivity index (χ0n) is 21.4. The molecule has 0 bridgehead atoms. The SMILES string of the molecule is CCCCN1CCN(CC2CCc3c(c4cc(F)ccc4n3Cc3ccc(C(C)=O)cc3)C2=O)CC1. The van der Waals surface area contributed by atoms with Crippen molar-refractivity contribution < 1.29 is 14.0 Å². The van der Waals surface area contributed by atoms with Crippen LogP contribution in [0.15, 0.2) is 42.5 Å². The summed E-state index contributed by atoms with van der Waals surface area (Å²) in [5.74, 6) is -0.158. The lowest BCUT2D eigenvalue weighted by molar-refractivity contribution is 0.0788. The van der Waals surface area contributed by atoms with Crippen molar-refractivity contribution in [3.63, 3.8) is 0 Å². The van der Waals surface area contributed by atoms with Crippen LogP contribution in [-0.2, 0) is 13.0 Å². The molecule has 1 aliphatic heterocycles. The highest BCUT2D eigenvalue weighted by Gasteiger charge is 2.34. The molecular formula is C30H36FN3O2. The number of halogens is 1. The number of rotatable bonds is 8. The van der Waals surface area contributed by atoms with E-state index in [2.05, 4.69) is 21.3 Å². The summed E-state index contributed by atoms with van der Waals surface area (Å²) in [4.78, 5) is 30.4. The molecule has 0 radical (unpaired) electrons. The minimum atomic E-state index is -0.314. The molecule has 190 valence electrons. The average molecular weight is 490 g/mol. The van der Waals surface area contributed by atoms with E-state index in [1.807, 2.05) is 24.3 Å². The number of nitrogens with zero attached hydrogens (tertiary/aromatic N) is 3. The first-order chi connectivity index (χ1) is 17.4. The summed E-state index contributed by atoms with van der Waals surface area (Å²) in [7, 11) is 0. The Kier molecular flexibility index (Phi) is 7.35. The summed E-state index contributed by atoms with van der Waals surface area (Å²) in [5, 5.41) is 0.726. The van der Waals surface area contributed by atoms with Crippen LogP contribution in [0.3, 0.4) is 0 Å². The van der Waals surface area contributed by atoms with E-state index in [1.165, 1.54) is 31.5 Å². The van der Waals surface area contributed by atoms with Gasteiger partial charge in [-0.15, -0.1) is 0 Å². The third-order valence-corrected chi connectivity index (χ3v) is 7.95. The number of carbonyl (C=O) groups excluding carboxylic acids is 2. The van der Waals surface area contributed by atoms with Crippen LogP contribution in [-0.4, -0.2) is 65.2 Å². The summed E-state index contributed by atoms with van der Waals surface area (Å²) in [5.41, 5.74) is 4.36. The normalized spacial score (nSPS) is 19.1. The van der Waals surface area contributed by atoms with Crippen molar-refractivity contribution in [3.05, 3.63) is 70.7 Å². The molecule has 0 spiro atoms. The van der Waals surface area contributed by atoms with Gasteiger partial charge in [-0.05, 0) is 56.5 Å². The van der Waals surface area contributed by atoms with Crippen LogP contribution in [0.4, 0.5) is 4.39 Å². The van der Waals surface area contributed by atoms with Crippen LogP contribution in [0.5, 0.6) is 0 Å². The highest BCUT2D eigenvalue weighted by Crippen LogP contribution is 2.36. The van der Waals surface area contributed by atoms with Crippen LogP contribution in [0.25, 0.3) is 10.9 Å². The van der Waals surface area contributed by atoms with Gasteiger partial charge in [0.05, 0.1) is 0 Å². The zero-order chi connectivity index (χ0) is 25.2. The van der Waals surface area contributed by atoms with Crippen LogP contribution in [0.2, 0.25) is 0 Å². The second-order valence-electron chi connectivity index (χ2n) is 10.4. The van der Waals surface area contributed by atoms with Crippen molar-refractivity contribution in [2.75, 3.05) is 39.3 Å². The number of unbranched alkanes of at least 4 members (excludes halogenated alkanes) is 1. The summed E-state index contributed by atoms with van der Waals surface area (Å²) in [6, 6.07) is 12.4. The van der Waals surface area contributed by atoms with Crippen molar-refractivity contribution in [1.82, 2.24) is 14.4 Å². The first-order valence-corrected chi connectivity index (χ1v) is 13.3. The number of Topliss-reactive ketones (excluding diaryl/α,β-unsaturated/α-hetero) is 2. The second-order valence-corrected chi connectivity index (χ2v) is 10.4. The monoisotopic (exact) mass is 489 g/mol. The van der Waals surface area contributed by atoms with Gasteiger partial charge in [0, 0.05) is 72.9 Å². The molecule has 1 unspecified atom stereocenters. The number of hydrogen-bond donors (Lipinski definition) is 0. The van der Waals surface area contributed by atoms with Gasteiger partial charge in [-0.1, -0.05) is 37.6 Å². The Morgan fingerprint density at radius 2 is 1.75 bits per heavy atom. The molecule has 0 N–H and O–H groups in total. The molecule has 6 heteroatoms. The zero-order valence-corrected chi connectivity index (χ0v) is 21.4. The average Bonchev–Trinajstić information content (AvgIpc) is 3.18. The lowest BCUT2D eigenvalue weighted by atomic mass is 9.84. The van der Waals surface area contributed by atoms with Crippen molar-refractivity contribution in [1.29, 1.82) is 0 Å². The number of carbonyl (C=O) groups is 2. The number of fused-ring (bicyclic) bond motifs is 3. The van der Waals surface area contributed by atoms with Gasteiger partial charge < -0.3 is 14.4 Å². The van der Waals surface area contributed by atoms with Gasteiger partial charge >= 0.3 is 0 Å². The van der Waals surface area contributed by atoms with Gasteiger partial charge in [0.1, 0.15) is 5.82 Å². The molecule has 5 nitrogen and oxygen atoms in total. The number of ketones is 2. The molecular weight excluding hydrogens is 453 g/mol. The van der Waals surface area contributed by atoms with Gasteiger partial charge in [0.15, 0.2) is 11.6 Å². The smallest absolute Gasteiger partial charge is 0.169 e. The summed E-state index contributed by atoms with van der Waals surface area (Å²) in [6.45, 7) is 10.5. The molecule has 0 amide bonds. The van der Waals surface area contributed by atoms with Gasteiger partial charge in [-0.3, -0.25) is 9.59 Å². The fraction of sp³-hybridized carbons (Fsp3) is 0.467. The highest BCUT2D eigenvalue weighted by atomic mass is 19.1.